The van der Waals surface area contributed by atoms with E-state index in [2.05, 4.69) is 9.88 Å². The lowest BCUT2D eigenvalue weighted by Gasteiger charge is -2.32. The summed E-state index contributed by atoms with van der Waals surface area (Å²) in [7, 11) is 3.29. The fourth-order valence-electron chi connectivity index (χ4n) is 3.82. The summed E-state index contributed by atoms with van der Waals surface area (Å²) >= 11 is 0. The average molecular weight is 381 g/mol. The Hall–Kier alpha value is -2.60. The van der Waals surface area contributed by atoms with Crippen LogP contribution in [0.1, 0.15) is 29.7 Å². The number of rotatable bonds is 7. The summed E-state index contributed by atoms with van der Waals surface area (Å²) in [4.78, 5) is 21.7. The van der Waals surface area contributed by atoms with Crippen LogP contribution in [0.4, 0.5) is 0 Å². The van der Waals surface area contributed by atoms with Crippen LogP contribution < -0.4 is 9.47 Å². The summed E-state index contributed by atoms with van der Waals surface area (Å²) < 4.78 is 10.8. The zero-order valence-corrected chi connectivity index (χ0v) is 16.6. The first kappa shape index (κ1) is 18.7. The van der Waals surface area contributed by atoms with Gasteiger partial charge in [-0.15, -0.1) is 0 Å². The van der Waals surface area contributed by atoms with Crippen molar-refractivity contribution in [1.29, 1.82) is 0 Å². The Balaban J connectivity index is 1.44. The van der Waals surface area contributed by atoms with Crippen molar-refractivity contribution < 1.29 is 14.3 Å². The molecule has 1 amide bonds. The van der Waals surface area contributed by atoms with E-state index in [-0.39, 0.29) is 5.91 Å². The smallest absolute Gasteiger partial charge is 0.237 e. The fourth-order valence-corrected chi connectivity index (χ4v) is 3.82. The number of ether oxygens (including phenoxy) is 2. The summed E-state index contributed by atoms with van der Waals surface area (Å²) in [6.45, 7) is 2.54. The van der Waals surface area contributed by atoms with Crippen LogP contribution in [0.5, 0.6) is 11.5 Å². The lowest BCUT2D eigenvalue weighted by molar-refractivity contribution is -0.133. The maximum Gasteiger partial charge on any atom is 0.237 e. The molecule has 0 radical (unpaired) electrons. The number of pyridine rings is 1. The first-order valence-electron chi connectivity index (χ1n) is 9.83. The van der Waals surface area contributed by atoms with Gasteiger partial charge in [-0.3, -0.25) is 14.7 Å². The molecule has 6 nitrogen and oxygen atoms in total. The standard InChI is InChI=1S/C22H27N3O3/c1-27-20-11-16-8-10-24(13-17(16)12-21(20)28-2)22(26)15-25(19-6-7-19)14-18-5-3-4-9-23-18/h3-5,9,11-12,19H,6-8,10,13-15H2,1-2H3. The molecule has 2 aromatic rings. The minimum atomic E-state index is 0.184. The zero-order valence-electron chi connectivity index (χ0n) is 16.6. The van der Waals surface area contributed by atoms with Crippen LogP contribution >= 0.6 is 0 Å². The van der Waals surface area contributed by atoms with E-state index >= 15 is 0 Å². The van der Waals surface area contributed by atoms with Gasteiger partial charge in [0.2, 0.25) is 5.91 Å². The highest BCUT2D eigenvalue weighted by Crippen LogP contribution is 2.33. The van der Waals surface area contributed by atoms with Crippen molar-refractivity contribution in [3.8, 4) is 11.5 Å². The number of aromatic nitrogens is 1. The molecular formula is C22H27N3O3. The molecule has 0 saturated heterocycles. The number of methoxy groups -OCH3 is 2. The predicted molar refractivity (Wildman–Crippen MR) is 106 cm³/mol. The summed E-state index contributed by atoms with van der Waals surface area (Å²) in [5.74, 6) is 1.64. The molecular weight excluding hydrogens is 354 g/mol. The molecule has 1 aliphatic carbocycles. The molecule has 4 rings (SSSR count). The molecule has 0 N–H and O–H groups in total. The fraction of sp³-hybridized carbons (Fsp3) is 0.455. The molecule has 148 valence electrons. The first-order valence-corrected chi connectivity index (χ1v) is 9.83. The third-order valence-electron chi connectivity index (χ3n) is 5.56. The third kappa shape index (κ3) is 4.12. The van der Waals surface area contributed by atoms with Gasteiger partial charge >= 0.3 is 0 Å². The molecule has 1 aliphatic heterocycles. The number of hydrogen-bond acceptors (Lipinski definition) is 5. The van der Waals surface area contributed by atoms with Crippen LogP contribution in [0.2, 0.25) is 0 Å². The van der Waals surface area contributed by atoms with Gasteiger partial charge in [0.05, 0.1) is 26.5 Å². The highest BCUT2D eigenvalue weighted by molar-refractivity contribution is 5.78. The molecule has 1 saturated carbocycles. The number of hydrogen-bond donors (Lipinski definition) is 0. The number of amides is 1. The summed E-state index contributed by atoms with van der Waals surface area (Å²) in [6, 6.07) is 10.5. The van der Waals surface area contributed by atoms with E-state index in [1.807, 2.05) is 41.4 Å². The SMILES string of the molecule is COc1cc2c(cc1OC)CN(C(=O)CN(Cc1ccccn1)C1CC1)CC2. The van der Waals surface area contributed by atoms with E-state index < -0.39 is 0 Å². The van der Waals surface area contributed by atoms with Gasteiger partial charge in [0.25, 0.3) is 0 Å². The second kappa shape index (κ2) is 8.19. The van der Waals surface area contributed by atoms with Crippen molar-refractivity contribution in [1.82, 2.24) is 14.8 Å². The topological polar surface area (TPSA) is 54.9 Å². The van der Waals surface area contributed by atoms with Crippen LogP contribution in [0.3, 0.4) is 0 Å². The molecule has 1 aromatic carbocycles. The maximum atomic E-state index is 13.0. The second-order valence-electron chi connectivity index (χ2n) is 7.50. The Morgan fingerprint density at radius 3 is 2.57 bits per heavy atom. The van der Waals surface area contributed by atoms with Crippen LogP contribution in [0.25, 0.3) is 0 Å². The van der Waals surface area contributed by atoms with Crippen LogP contribution in [0, 0.1) is 0 Å². The lowest BCUT2D eigenvalue weighted by atomic mass is 9.98. The van der Waals surface area contributed by atoms with E-state index in [0.29, 0.717) is 24.9 Å². The number of nitrogens with zero attached hydrogens (tertiary/aromatic N) is 3. The van der Waals surface area contributed by atoms with E-state index in [1.165, 1.54) is 18.4 Å². The van der Waals surface area contributed by atoms with Gasteiger partial charge in [-0.1, -0.05) is 6.07 Å². The Bertz CT molecular complexity index is 836. The van der Waals surface area contributed by atoms with Crippen LogP contribution in [-0.2, 0) is 24.3 Å². The van der Waals surface area contributed by atoms with Crippen molar-refractivity contribution >= 4 is 5.91 Å². The van der Waals surface area contributed by atoms with Gasteiger partial charge < -0.3 is 14.4 Å². The summed E-state index contributed by atoms with van der Waals surface area (Å²) in [5.41, 5.74) is 3.39. The minimum absolute atomic E-state index is 0.184. The highest BCUT2D eigenvalue weighted by atomic mass is 16.5. The van der Waals surface area contributed by atoms with E-state index in [1.54, 1.807) is 14.2 Å². The molecule has 0 unspecified atom stereocenters. The van der Waals surface area contributed by atoms with Crippen molar-refractivity contribution in [2.75, 3.05) is 27.3 Å². The van der Waals surface area contributed by atoms with E-state index in [0.717, 1.165) is 36.5 Å². The highest BCUT2D eigenvalue weighted by Gasteiger charge is 2.32. The van der Waals surface area contributed by atoms with Crippen molar-refractivity contribution in [2.45, 2.75) is 38.4 Å². The van der Waals surface area contributed by atoms with Gasteiger partial charge in [0.1, 0.15) is 0 Å². The normalized spacial score (nSPS) is 16.0. The van der Waals surface area contributed by atoms with Crippen molar-refractivity contribution in [2.24, 2.45) is 0 Å². The first-order chi connectivity index (χ1) is 13.7. The minimum Gasteiger partial charge on any atom is -0.493 e. The van der Waals surface area contributed by atoms with Crippen molar-refractivity contribution in [3.05, 3.63) is 53.3 Å². The van der Waals surface area contributed by atoms with E-state index in [9.17, 15) is 4.79 Å². The van der Waals surface area contributed by atoms with Crippen LogP contribution in [0.15, 0.2) is 36.5 Å². The third-order valence-corrected chi connectivity index (χ3v) is 5.56. The van der Waals surface area contributed by atoms with Gasteiger partial charge in [0.15, 0.2) is 11.5 Å². The average Bonchev–Trinajstić information content (AvgIpc) is 3.58. The molecule has 1 aromatic heterocycles. The molecule has 1 fully saturated rings. The summed E-state index contributed by atoms with van der Waals surface area (Å²) in [6.07, 6.45) is 4.98. The maximum absolute atomic E-state index is 13.0. The number of fused-ring (bicyclic) bond motifs is 1. The largest absolute Gasteiger partial charge is 0.493 e. The number of carbonyl (C=O) groups excluding carboxylic acids is 1. The quantitative estimate of drug-likeness (QED) is 0.738. The molecule has 28 heavy (non-hydrogen) atoms. The molecule has 2 heterocycles. The van der Waals surface area contributed by atoms with Gasteiger partial charge in [-0.05, 0) is 54.7 Å². The Kier molecular flexibility index (Phi) is 5.48. The molecule has 0 spiro atoms. The Labute approximate surface area is 166 Å². The number of carbonyl (C=O) groups is 1. The summed E-state index contributed by atoms with van der Waals surface area (Å²) in [5, 5.41) is 0. The lowest BCUT2D eigenvalue weighted by Crippen LogP contribution is -2.43. The molecule has 6 heteroatoms. The number of benzene rings is 1. The zero-order chi connectivity index (χ0) is 19.5. The Morgan fingerprint density at radius 1 is 1.18 bits per heavy atom. The van der Waals surface area contributed by atoms with Gasteiger partial charge in [0, 0.05) is 31.9 Å². The Morgan fingerprint density at radius 2 is 1.93 bits per heavy atom. The predicted octanol–water partition coefficient (Wildman–Crippen LogP) is 2.65. The van der Waals surface area contributed by atoms with Gasteiger partial charge in [-0.2, -0.15) is 0 Å². The molecule has 0 atom stereocenters. The van der Waals surface area contributed by atoms with Crippen LogP contribution in [-0.4, -0.2) is 54.0 Å². The second-order valence-corrected chi connectivity index (χ2v) is 7.50. The van der Waals surface area contributed by atoms with Gasteiger partial charge in [-0.25, -0.2) is 0 Å². The molecule has 0 bridgehead atoms. The van der Waals surface area contributed by atoms with Crippen molar-refractivity contribution in [3.63, 3.8) is 0 Å². The molecule has 2 aliphatic rings. The van der Waals surface area contributed by atoms with E-state index in [4.69, 9.17) is 9.47 Å². The monoisotopic (exact) mass is 381 g/mol.